The number of thiophene rings is 1. The second-order valence-electron chi connectivity index (χ2n) is 7.18. The highest BCUT2D eigenvalue weighted by atomic mass is 35.5. The number of aliphatic hydroxyl groups is 1. The molecule has 1 atom stereocenters. The Hall–Kier alpha value is -3.35. The third-order valence-electron chi connectivity index (χ3n) is 5.30. The van der Waals surface area contributed by atoms with E-state index in [1.54, 1.807) is 36.4 Å². The molecule has 7 heteroatoms. The molecule has 4 aromatic rings. The molecule has 0 saturated heterocycles. The lowest BCUT2D eigenvalue weighted by Crippen LogP contribution is -2.30. The van der Waals surface area contributed by atoms with Crippen LogP contribution in [0.5, 0.6) is 0 Å². The van der Waals surface area contributed by atoms with Gasteiger partial charge in [0.15, 0.2) is 11.5 Å². The molecule has 2 aromatic carbocycles. The summed E-state index contributed by atoms with van der Waals surface area (Å²) in [6, 6.07) is 18.8. The number of para-hydroxylation sites is 1. The first-order valence-electron chi connectivity index (χ1n) is 9.59. The molecule has 5 rings (SSSR count). The monoisotopic (exact) mass is 449 g/mol. The van der Waals surface area contributed by atoms with Crippen LogP contribution >= 0.6 is 22.9 Å². The van der Waals surface area contributed by atoms with Crippen molar-refractivity contribution < 1.29 is 19.1 Å². The van der Waals surface area contributed by atoms with E-state index in [1.807, 2.05) is 35.7 Å². The van der Waals surface area contributed by atoms with E-state index in [0.29, 0.717) is 16.2 Å². The molecule has 0 fully saturated rings. The summed E-state index contributed by atoms with van der Waals surface area (Å²) in [4.78, 5) is 28.9. The molecule has 1 aliphatic heterocycles. The van der Waals surface area contributed by atoms with Crippen molar-refractivity contribution in [2.75, 3.05) is 0 Å². The van der Waals surface area contributed by atoms with E-state index in [4.69, 9.17) is 16.0 Å². The van der Waals surface area contributed by atoms with Crippen LogP contribution in [0.3, 0.4) is 0 Å². The molecule has 0 bridgehead atoms. The molecule has 0 radical (unpaired) electrons. The van der Waals surface area contributed by atoms with Gasteiger partial charge in [0, 0.05) is 15.3 Å². The first kappa shape index (κ1) is 19.6. The Kier molecular flexibility index (Phi) is 4.88. The number of halogens is 1. The standard InChI is InChI=1S/C24H16ClNO4S/c25-17-9-3-2-8-16(17)21-20(22(27)19-12-14-6-1-4-10-18(14)30-19)23(28)24(29)26(21)13-15-7-5-11-31-15/h1-12,21,28H,13H2. The molecule has 0 spiro atoms. The van der Waals surface area contributed by atoms with E-state index >= 15 is 0 Å². The van der Waals surface area contributed by atoms with Crippen molar-refractivity contribution in [3.8, 4) is 0 Å². The van der Waals surface area contributed by atoms with Gasteiger partial charge in [-0.2, -0.15) is 0 Å². The Balaban J connectivity index is 1.63. The number of aliphatic hydroxyl groups excluding tert-OH is 1. The summed E-state index contributed by atoms with van der Waals surface area (Å²) in [6.45, 7) is 0.243. The number of fused-ring (bicyclic) bond motifs is 1. The summed E-state index contributed by atoms with van der Waals surface area (Å²) < 4.78 is 5.73. The van der Waals surface area contributed by atoms with E-state index in [1.165, 1.54) is 16.2 Å². The first-order valence-corrected chi connectivity index (χ1v) is 10.8. The molecule has 5 nitrogen and oxygen atoms in total. The summed E-state index contributed by atoms with van der Waals surface area (Å²) in [5.41, 5.74) is 1.09. The van der Waals surface area contributed by atoms with Crippen LogP contribution in [-0.4, -0.2) is 21.7 Å². The lowest BCUT2D eigenvalue weighted by molar-refractivity contribution is -0.130. The summed E-state index contributed by atoms with van der Waals surface area (Å²) in [6.07, 6.45) is 0. The SMILES string of the molecule is O=C(C1=C(O)C(=O)N(Cc2cccs2)C1c1ccccc1Cl)c1cc2ccccc2o1. The number of rotatable bonds is 5. The van der Waals surface area contributed by atoms with Crippen LogP contribution in [0.15, 0.2) is 87.9 Å². The van der Waals surface area contributed by atoms with Gasteiger partial charge in [-0.25, -0.2) is 0 Å². The van der Waals surface area contributed by atoms with Gasteiger partial charge in [0.2, 0.25) is 5.78 Å². The van der Waals surface area contributed by atoms with Gasteiger partial charge < -0.3 is 14.4 Å². The molecule has 1 unspecified atom stereocenters. The Morgan fingerprint density at radius 3 is 2.61 bits per heavy atom. The Bertz CT molecular complexity index is 1310. The predicted octanol–water partition coefficient (Wildman–Crippen LogP) is 5.93. The number of carbonyl (C=O) groups is 2. The van der Waals surface area contributed by atoms with Crippen LogP contribution in [0, 0.1) is 0 Å². The van der Waals surface area contributed by atoms with Gasteiger partial charge in [0.05, 0.1) is 18.2 Å². The third-order valence-corrected chi connectivity index (χ3v) is 6.51. The van der Waals surface area contributed by atoms with Crippen LogP contribution < -0.4 is 0 Å². The number of carbonyl (C=O) groups excluding carboxylic acids is 2. The average molecular weight is 450 g/mol. The van der Waals surface area contributed by atoms with Crippen molar-refractivity contribution in [2.45, 2.75) is 12.6 Å². The van der Waals surface area contributed by atoms with Crippen LogP contribution in [0.2, 0.25) is 5.02 Å². The normalized spacial score (nSPS) is 16.5. The molecule has 1 amide bonds. The molecule has 31 heavy (non-hydrogen) atoms. The maximum Gasteiger partial charge on any atom is 0.290 e. The zero-order chi connectivity index (χ0) is 21.5. The number of benzene rings is 2. The Labute approximate surface area is 186 Å². The Morgan fingerprint density at radius 2 is 1.87 bits per heavy atom. The minimum atomic E-state index is -0.830. The molecule has 1 aliphatic rings. The number of hydrogen-bond acceptors (Lipinski definition) is 5. The van der Waals surface area contributed by atoms with Gasteiger partial charge in [-0.1, -0.05) is 54.1 Å². The number of furan rings is 1. The van der Waals surface area contributed by atoms with Gasteiger partial charge in [-0.3, -0.25) is 9.59 Å². The Morgan fingerprint density at radius 1 is 1.10 bits per heavy atom. The van der Waals surface area contributed by atoms with Crippen molar-refractivity contribution in [3.63, 3.8) is 0 Å². The zero-order valence-electron chi connectivity index (χ0n) is 16.1. The highest BCUT2D eigenvalue weighted by Gasteiger charge is 2.45. The molecule has 0 aliphatic carbocycles. The maximum absolute atomic E-state index is 13.5. The first-order chi connectivity index (χ1) is 15.0. The number of Topliss-reactive ketones (excluding diaryl/α,β-unsaturated/α-hetero) is 1. The molecular formula is C24H16ClNO4S. The minimum absolute atomic E-state index is 0.0336. The van der Waals surface area contributed by atoms with Crippen molar-refractivity contribution in [2.24, 2.45) is 0 Å². The van der Waals surface area contributed by atoms with Gasteiger partial charge in [-0.05, 0) is 35.2 Å². The van der Waals surface area contributed by atoms with E-state index in [9.17, 15) is 14.7 Å². The van der Waals surface area contributed by atoms with Gasteiger partial charge in [0.25, 0.3) is 5.91 Å². The van der Waals surface area contributed by atoms with Crippen molar-refractivity contribution >= 4 is 45.6 Å². The van der Waals surface area contributed by atoms with Crippen molar-refractivity contribution in [1.29, 1.82) is 0 Å². The molecule has 0 saturated carbocycles. The van der Waals surface area contributed by atoms with Crippen LogP contribution in [0.4, 0.5) is 0 Å². The minimum Gasteiger partial charge on any atom is -0.503 e. The predicted molar refractivity (Wildman–Crippen MR) is 119 cm³/mol. The highest BCUT2D eigenvalue weighted by molar-refractivity contribution is 7.09. The number of ketones is 1. The van der Waals surface area contributed by atoms with Gasteiger partial charge >= 0.3 is 0 Å². The van der Waals surface area contributed by atoms with E-state index < -0.39 is 23.5 Å². The summed E-state index contributed by atoms with van der Waals surface area (Å²) in [5, 5.41) is 13.9. The second kappa shape index (κ2) is 7.72. The van der Waals surface area contributed by atoms with Gasteiger partial charge in [0.1, 0.15) is 5.58 Å². The van der Waals surface area contributed by atoms with E-state index in [2.05, 4.69) is 0 Å². The molecule has 154 valence electrons. The summed E-state index contributed by atoms with van der Waals surface area (Å²) in [5.74, 6) is -1.67. The quantitative estimate of drug-likeness (QED) is 0.383. The van der Waals surface area contributed by atoms with Crippen LogP contribution in [0.25, 0.3) is 11.0 Å². The van der Waals surface area contributed by atoms with Crippen LogP contribution in [0.1, 0.15) is 27.0 Å². The van der Waals surface area contributed by atoms with Crippen LogP contribution in [-0.2, 0) is 11.3 Å². The molecule has 1 N–H and O–H groups in total. The molecule has 3 heterocycles. The van der Waals surface area contributed by atoms with Crippen molar-refractivity contribution in [3.05, 3.63) is 105 Å². The fraction of sp³-hybridized carbons (Fsp3) is 0.0833. The summed E-state index contributed by atoms with van der Waals surface area (Å²) in [7, 11) is 0. The smallest absolute Gasteiger partial charge is 0.290 e. The van der Waals surface area contributed by atoms with E-state index in [0.717, 1.165) is 10.3 Å². The largest absolute Gasteiger partial charge is 0.503 e. The van der Waals surface area contributed by atoms with Gasteiger partial charge in [-0.15, -0.1) is 11.3 Å². The second-order valence-corrected chi connectivity index (χ2v) is 8.62. The molecular weight excluding hydrogens is 434 g/mol. The number of nitrogens with zero attached hydrogens (tertiary/aromatic N) is 1. The zero-order valence-corrected chi connectivity index (χ0v) is 17.7. The molecule has 2 aromatic heterocycles. The average Bonchev–Trinajstić information content (AvgIpc) is 3.49. The number of amides is 1. The summed E-state index contributed by atoms with van der Waals surface area (Å²) >= 11 is 7.95. The maximum atomic E-state index is 13.5. The van der Waals surface area contributed by atoms with E-state index in [-0.39, 0.29) is 17.9 Å². The third kappa shape index (κ3) is 3.34. The topological polar surface area (TPSA) is 70.8 Å². The lowest BCUT2D eigenvalue weighted by Gasteiger charge is -2.26. The lowest BCUT2D eigenvalue weighted by atomic mass is 9.95. The van der Waals surface area contributed by atoms with Crippen molar-refractivity contribution in [1.82, 2.24) is 4.90 Å². The number of hydrogen-bond donors (Lipinski definition) is 1. The highest BCUT2D eigenvalue weighted by Crippen LogP contribution is 2.42. The fourth-order valence-corrected chi connectivity index (χ4v) is 4.81. The fourth-order valence-electron chi connectivity index (χ4n) is 3.87.